The van der Waals surface area contributed by atoms with Crippen molar-refractivity contribution in [1.29, 1.82) is 0 Å². The molecule has 2 rings (SSSR count). The van der Waals surface area contributed by atoms with Gasteiger partial charge in [-0.2, -0.15) is 0 Å². The van der Waals surface area contributed by atoms with E-state index in [0.717, 1.165) is 11.8 Å². The van der Waals surface area contributed by atoms with Crippen LogP contribution in [-0.4, -0.2) is 0 Å². The molecule has 0 fully saturated rings. The van der Waals surface area contributed by atoms with Crippen LogP contribution in [0, 0.1) is 11.8 Å². The van der Waals surface area contributed by atoms with Crippen LogP contribution in [0.3, 0.4) is 0 Å². The fraction of sp³-hybridized carbons (Fsp3) is 0.455. The van der Waals surface area contributed by atoms with Crippen molar-refractivity contribution < 1.29 is 0 Å². The zero-order chi connectivity index (χ0) is 7.84. The van der Waals surface area contributed by atoms with Crippen molar-refractivity contribution in [1.82, 2.24) is 0 Å². The first-order valence-corrected chi connectivity index (χ1v) is 4.29. The maximum absolute atomic E-state index is 2.42. The molecule has 2 unspecified atom stereocenters. The highest BCUT2D eigenvalue weighted by atomic mass is 14.3. The predicted octanol–water partition coefficient (Wildman–Crippen LogP) is 3.08. The molecule has 0 aromatic heterocycles. The lowest BCUT2D eigenvalue weighted by Crippen LogP contribution is -2.08. The Morgan fingerprint density at radius 2 is 2.18 bits per heavy atom. The van der Waals surface area contributed by atoms with Crippen LogP contribution in [0.5, 0.6) is 0 Å². The average molecular weight is 146 g/mol. The number of allylic oxidation sites excluding steroid dienone is 6. The molecule has 0 amide bonds. The van der Waals surface area contributed by atoms with E-state index in [4.69, 9.17) is 0 Å². The Kier molecular flexibility index (Phi) is 1.49. The van der Waals surface area contributed by atoms with Crippen LogP contribution in [0.25, 0.3) is 0 Å². The molecule has 2 aliphatic rings. The Bertz CT molecular complexity index is 253. The van der Waals surface area contributed by atoms with Crippen molar-refractivity contribution in [2.75, 3.05) is 0 Å². The highest BCUT2D eigenvalue weighted by Crippen LogP contribution is 2.37. The molecule has 0 nitrogen and oxygen atoms in total. The molecule has 0 N–H and O–H groups in total. The van der Waals surface area contributed by atoms with Gasteiger partial charge < -0.3 is 0 Å². The van der Waals surface area contributed by atoms with E-state index in [2.05, 4.69) is 38.2 Å². The Morgan fingerprint density at radius 1 is 1.36 bits per heavy atom. The predicted molar refractivity (Wildman–Crippen MR) is 48.3 cm³/mol. The van der Waals surface area contributed by atoms with Gasteiger partial charge in [-0.3, -0.25) is 0 Å². The summed E-state index contributed by atoms with van der Waals surface area (Å²) in [6, 6.07) is 0. The summed E-state index contributed by atoms with van der Waals surface area (Å²) in [6.45, 7) is 4.47. The second kappa shape index (κ2) is 2.37. The van der Waals surface area contributed by atoms with Gasteiger partial charge >= 0.3 is 0 Å². The van der Waals surface area contributed by atoms with Crippen molar-refractivity contribution >= 4 is 0 Å². The van der Waals surface area contributed by atoms with E-state index >= 15 is 0 Å². The monoisotopic (exact) mass is 146 g/mol. The Hall–Kier alpha value is -0.780. The molecule has 0 saturated heterocycles. The second-order valence-electron chi connectivity index (χ2n) is 3.70. The van der Waals surface area contributed by atoms with Gasteiger partial charge in [0.2, 0.25) is 0 Å². The fourth-order valence-electron chi connectivity index (χ4n) is 2.11. The number of hydrogen-bond donors (Lipinski definition) is 0. The Balaban J connectivity index is 2.30. The van der Waals surface area contributed by atoms with Crippen molar-refractivity contribution in [3.8, 4) is 0 Å². The molecule has 0 heterocycles. The molecule has 0 aromatic carbocycles. The first kappa shape index (κ1) is 6.90. The average Bonchev–Trinajstić information content (AvgIpc) is 2.31. The minimum Gasteiger partial charge on any atom is -0.0802 e. The smallest absolute Gasteiger partial charge is 0.00457 e. The molecule has 0 radical (unpaired) electrons. The molecule has 0 bridgehead atoms. The molecule has 0 aromatic rings. The largest absolute Gasteiger partial charge is 0.0802 e. The second-order valence-corrected chi connectivity index (χ2v) is 3.70. The third-order valence-corrected chi connectivity index (χ3v) is 2.73. The molecular weight excluding hydrogens is 132 g/mol. The molecule has 2 aliphatic carbocycles. The number of hydrogen-bond acceptors (Lipinski definition) is 0. The van der Waals surface area contributed by atoms with Gasteiger partial charge in [0.25, 0.3) is 0 Å². The summed E-state index contributed by atoms with van der Waals surface area (Å²) in [5, 5.41) is 0. The van der Waals surface area contributed by atoms with Gasteiger partial charge in [0, 0.05) is 5.92 Å². The van der Waals surface area contributed by atoms with Crippen molar-refractivity contribution in [2.45, 2.75) is 20.3 Å². The quantitative estimate of drug-likeness (QED) is 0.461. The molecule has 0 aliphatic heterocycles. The van der Waals surface area contributed by atoms with Crippen LogP contribution < -0.4 is 0 Å². The van der Waals surface area contributed by atoms with E-state index in [1.165, 1.54) is 12.0 Å². The van der Waals surface area contributed by atoms with Gasteiger partial charge in [-0.05, 0) is 26.2 Å². The number of rotatable bonds is 0. The standard InChI is InChI=1S/C11H14/c1-8-6-10-5-3-4-9(2)11(10)7-8/h3-5,7,10-11H,6H2,1-2H3. The van der Waals surface area contributed by atoms with Crippen LogP contribution in [0.4, 0.5) is 0 Å². The summed E-state index contributed by atoms with van der Waals surface area (Å²) in [5.74, 6) is 1.50. The SMILES string of the molecule is CC1=CC2C(C)=CC=CC2C1. The van der Waals surface area contributed by atoms with Crippen LogP contribution in [0.1, 0.15) is 20.3 Å². The van der Waals surface area contributed by atoms with E-state index in [9.17, 15) is 0 Å². The van der Waals surface area contributed by atoms with Gasteiger partial charge in [-0.25, -0.2) is 0 Å². The van der Waals surface area contributed by atoms with E-state index in [1.807, 2.05) is 0 Å². The highest BCUT2D eigenvalue weighted by Gasteiger charge is 2.25. The maximum atomic E-state index is 2.42. The molecular formula is C11H14. The molecule has 11 heavy (non-hydrogen) atoms. The van der Waals surface area contributed by atoms with E-state index in [-0.39, 0.29) is 0 Å². The summed E-state index contributed by atoms with van der Waals surface area (Å²) in [6.07, 6.45) is 10.5. The topological polar surface area (TPSA) is 0 Å². The summed E-state index contributed by atoms with van der Waals surface area (Å²) >= 11 is 0. The molecule has 58 valence electrons. The normalized spacial score (nSPS) is 34.7. The Labute approximate surface area is 68.3 Å². The summed E-state index contributed by atoms with van der Waals surface area (Å²) in [5.41, 5.74) is 3.08. The first-order chi connectivity index (χ1) is 5.27. The first-order valence-electron chi connectivity index (χ1n) is 4.29. The lowest BCUT2D eigenvalue weighted by atomic mass is 9.86. The zero-order valence-corrected chi connectivity index (χ0v) is 7.17. The van der Waals surface area contributed by atoms with Crippen molar-refractivity contribution in [3.05, 3.63) is 35.5 Å². The van der Waals surface area contributed by atoms with Gasteiger partial charge in [0.1, 0.15) is 0 Å². The lowest BCUT2D eigenvalue weighted by molar-refractivity contribution is 0.564. The van der Waals surface area contributed by atoms with E-state index in [0.29, 0.717) is 0 Å². The van der Waals surface area contributed by atoms with Crippen molar-refractivity contribution in [2.24, 2.45) is 11.8 Å². The van der Waals surface area contributed by atoms with Crippen LogP contribution >= 0.6 is 0 Å². The van der Waals surface area contributed by atoms with E-state index < -0.39 is 0 Å². The molecule has 2 atom stereocenters. The van der Waals surface area contributed by atoms with Crippen LogP contribution in [0.2, 0.25) is 0 Å². The van der Waals surface area contributed by atoms with Gasteiger partial charge in [0.15, 0.2) is 0 Å². The van der Waals surface area contributed by atoms with Gasteiger partial charge in [-0.15, -0.1) is 0 Å². The van der Waals surface area contributed by atoms with Gasteiger partial charge in [-0.1, -0.05) is 35.5 Å². The zero-order valence-electron chi connectivity index (χ0n) is 7.17. The van der Waals surface area contributed by atoms with E-state index in [1.54, 1.807) is 5.57 Å². The molecule has 0 saturated carbocycles. The minimum absolute atomic E-state index is 0.722. The van der Waals surface area contributed by atoms with Crippen molar-refractivity contribution in [3.63, 3.8) is 0 Å². The Morgan fingerprint density at radius 3 is 2.91 bits per heavy atom. The van der Waals surface area contributed by atoms with Crippen LogP contribution in [-0.2, 0) is 0 Å². The maximum Gasteiger partial charge on any atom is 0.00457 e. The molecule has 0 heteroatoms. The third-order valence-electron chi connectivity index (χ3n) is 2.73. The fourth-order valence-corrected chi connectivity index (χ4v) is 2.11. The summed E-state index contributed by atoms with van der Waals surface area (Å²) < 4.78 is 0. The highest BCUT2D eigenvalue weighted by molar-refractivity contribution is 5.31. The van der Waals surface area contributed by atoms with Gasteiger partial charge in [0.05, 0.1) is 0 Å². The number of fused-ring (bicyclic) bond motifs is 1. The summed E-state index contributed by atoms with van der Waals surface area (Å²) in [4.78, 5) is 0. The molecule has 0 spiro atoms. The lowest BCUT2D eigenvalue weighted by Gasteiger charge is -2.19. The summed E-state index contributed by atoms with van der Waals surface area (Å²) in [7, 11) is 0. The third kappa shape index (κ3) is 1.07. The van der Waals surface area contributed by atoms with Crippen LogP contribution in [0.15, 0.2) is 35.5 Å². The minimum atomic E-state index is 0.722.